The number of aryl methyl sites for hydroxylation is 2. The summed E-state index contributed by atoms with van der Waals surface area (Å²) in [5, 5.41) is 8.34. The second-order valence-corrected chi connectivity index (χ2v) is 6.05. The Morgan fingerprint density at radius 2 is 2.23 bits per heavy atom. The molecule has 1 aliphatic rings. The van der Waals surface area contributed by atoms with Crippen molar-refractivity contribution in [3.05, 3.63) is 28.9 Å². The van der Waals surface area contributed by atoms with Gasteiger partial charge in [0.2, 0.25) is 0 Å². The number of aromatic nitrogens is 4. The van der Waals surface area contributed by atoms with E-state index in [4.69, 9.17) is 11.6 Å². The van der Waals surface area contributed by atoms with Crippen LogP contribution in [0.5, 0.6) is 0 Å². The van der Waals surface area contributed by atoms with Crippen molar-refractivity contribution in [1.82, 2.24) is 19.7 Å². The predicted molar refractivity (Wildman–Crippen MR) is 88.6 cm³/mol. The third-order valence-corrected chi connectivity index (χ3v) is 4.32. The molecule has 0 radical (unpaired) electrons. The van der Waals surface area contributed by atoms with Gasteiger partial charge >= 0.3 is 0 Å². The molecule has 1 fully saturated rings. The van der Waals surface area contributed by atoms with E-state index in [-0.39, 0.29) is 0 Å². The Hall–Kier alpha value is -1.82. The quantitative estimate of drug-likeness (QED) is 0.877. The molecular weight excluding hydrogens is 300 g/mol. The lowest BCUT2D eigenvalue weighted by Gasteiger charge is -2.19. The zero-order valence-electron chi connectivity index (χ0n) is 13.2. The Labute approximate surface area is 135 Å². The van der Waals surface area contributed by atoms with Gasteiger partial charge in [-0.15, -0.1) is 0 Å². The van der Waals surface area contributed by atoms with Crippen LogP contribution in [-0.4, -0.2) is 38.9 Å². The zero-order valence-corrected chi connectivity index (χ0v) is 13.9. The molecule has 3 rings (SSSR count). The Morgan fingerprint density at radius 1 is 1.41 bits per heavy atom. The number of anilines is 2. The number of rotatable bonds is 4. The SMILES string of the molecule is CCc1c(Cl)nc(C)nc1N[C@H]1CCN(c2cnn(C)c2)C1. The van der Waals surface area contributed by atoms with E-state index in [2.05, 4.69) is 32.2 Å². The Kier molecular flexibility index (Phi) is 4.20. The molecule has 22 heavy (non-hydrogen) atoms. The van der Waals surface area contributed by atoms with Gasteiger partial charge in [0.1, 0.15) is 16.8 Å². The van der Waals surface area contributed by atoms with Gasteiger partial charge in [0.05, 0.1) is 11.9 Å². The first kappa shape index (κ1) is 15.1. The number of nitrogens with one attached hydrogen (secondary N) is 1. The highest BCUT2D eigenvalue weighted by molar-refractivity contribution is 6.30. The van der Waals surface area contributed by atoms with Crippen LogP contribution in [0.2, 0.25) is 5.15 Å². The molecule has 2 aromatic rings. The van der Waals surface area contributed by atoms with Crippen LogP contribution in [0.3, 0.4) is 0 Å². The lowest BCUT2D eigenvalue weighted by atomic mass is 10.2. The summed E-state index contributed by atoms with van der Waals surface area (Å²) in [5.41, 5.74) is 2.16. The Morgan fingerprint density at radius 3 is 2.91 bits per heavy atom. The Bertz CT molecular complexity index is 668. The summed E-state index contributed by atoms with van der Waals surface area (Å²) in [5.74, 6) is 1.57. The molecule has 6 nitrogen and oxygen atoms in total. The monoisotopic (exact) mass is 320 g/mol. The first-order valence-electron chi connectivity index (χ1n) is 7.60. The minimum absolute atomic E-state index is 0.357. The second kappa shape index (κ2) is 6.12. The molecule has 3 heterocycles. The lowest BCUT2D eigenvalue weighted by molar-refractivity contribution is 0.767. The minimum Gasteiger partial charge on any atom is -0.367 e. The maximum Gasteiger partial charge on any atom is 0.138 e. The summed E-state index contributed by atoms with van der Waals surface area (Å²) in [4.78, 5) is 11.1. The van der Waals surface area contributed by atoms with Crippen molar-refractivity contribution >= 4 is 23.1 Å². The van der Waals surface area contributed by atoms with Crippen molar-refractivity contribution < 1.29 is 0 Å². The van der Waals surface area contributed by atoms with Crippen LogP contribution in [0.1, 0.15) is 24.7 Å². The highest BCUT2D eigenvalue weighted by Crippen LogP contribution is 2.25. The van der Waals surface area contributed by atoms with Crippen molar-refractivity contribution in [2.75, 3.05) is 23.3 Å². The van der Waals surface area contributed by atoms with E-state index in [9.17, 15) is 0 Å². The topological polar surface area (TPSA) is 58.9 Å². The fourth-order valence-electron chi connectivity index (χ4n) is 2.87. The van der Waals surface area contributed by atoms with Crippen LogP contribution in [0.15, 0.2) is 12.4 Å². The van der Waals surface area contributed by atoms with Gasteiger partial charge in [-0.3, -0.25) is 4.68 Å². The van der Waals surface area contributed by atoms with Gasteiger partial charge in [-0.2, -0.15) is 5.10 Å². The van der Waals surface area contributed by atoms with Crippen LogP contribution >= 0.6 is 11.6 Å². The van der Waals surface area contributed by atoms with Gasteiger partial charge in [-0.05, 0) is 19.8 Å². The Balaban J connectivity index is 1.72. The first-order chi connectivity index (χ1) is 10.6. The lowest BCUT2D eigenvalue weighted by Crippen LogP contribution is -2.26. The van der Waals surface area contributed by atoms with Crippen LogP contribution in [0, 0.1) is 6.92 Å². The van der Waals surface area contributed by atoms with E-state index >= 15 is 0 Å². The third-order valence-electron chi connectivity index (χ3n) is 4.01. The van der Waals surface area contributed by atoms with Crippen LogP contribution in [0.25, 0.3) is 0 Å². The summed E-state index contributed by atoms with van der Waals surface area (Å²) >= 11 is 6.24. The smallest absolute Gasteiger partial charge is 0.138 e. The predicted octanol–water partition coefficient (Wildman–Crippen LogP) is 2.43. The molecule has 0 bridgehead atoms. The normalized spacial score (nSPS) is 18.0. The molecule has 1 atom stereocenters. The summed E-state index contributed by atoms with van der Waals surface area (Å²) in [6.07, 6.45) is 5.84. The standard InChI is InChI=1S/C15H21ClN6/c1-4-13-14(16)18-10(2)19-15(13)20-11-5-6-22(8-11)12-7-17-21(3)9-12/h7,9,11H,4-6,8H2,1-3H3,(H,18,19,20)/t11-/m0/s1. The minimum atomic E-state index is 0.357. The van der Waals surface area contributed by atoms with Gasteiger partial charge < -0.3 is 10.2 Å². The molecule has 0 saturated carbocycles. The van der Waals surface area contributed by atoms with E-state index in [1.807, 2.05) is 31.0 Å². The summed E-state index contributed by atoms with van der Waals surface area (Å²) in [6.45, 7) is 5.90. The average Bonchev–Trinajstić information content (AvgIpc) is 3.07. The highest BCUT2D eigenvalue weighted by atomic mass is 35.5. The molecule has 0 unspecified atom stereocenters. The van der Waals surface area contributed by atoms with Gasteiger partial charge in [-0.25, -0.2) is 9.97 Å². The van der Waals surface area contributed by atoms with E-state index in [1.165, 1.54) is 5.69 Å². The number of nitrogens with zero attached hydrogens (tertiary/aromatic N) is 5. The molecule has 1 saturated heterocycles. The van der Waals surface area contributed by atoms with E-state index in [1.54, 1.807) is 0 Å². The van der Waals surface area contributed by atoms with E-state index in [0.717, 1.165) is 37.3 Å². The van der Waals surface area contributed by atoms with Crippen LogP contribution < -0.4 is 10.2 Å². The first-order valence-corrected chi connectivity index (χ1v) is 7.97. The maximum absolute atomic E-state index is 6.24. The fraction of sp³-hybridized carbons (Fsp3) is 0.533. The van der Waals surface area contributed by atoms with Crippen molar-refractivity contribution in [1.29, 1.82) is 0 Å². The largest absolute Gasteiger partial charge is 0.367 e. The van der Waals surface area contributed by atoms with E-state index < -0.39 is 0 Å². The summed E-state index contributed by atoms with van der Waals surface area (Å²) in [7, 11) is 1.94. The number of hydrogen-bond donors (Lipinski definition) is 1. The second-order valence-electron chi connectivity index (χ2n) is 5.69. The molecule has 0 amide bonds. The summed E-state index contributed by atoms with van der Waals surface area (Å²) in [6, 6.07) is 0.357. The average molecular weight is 321 g/mol. The molecule has 1 aliphatic heterocycles. The zero-order chi connectivity index (χ0) is 15.7. The molecule has 1 N–H and O–H groups in total. The van der Waals surface area contributed by atoms with Crippen molar-refractivity contribution in [3.63, 3.8) is 0 Å². The molecule has 2 aromatic heterocycles. The molecular formula is C15H21ClN6. The van der Waals surface area contributed by atoms with Crippen molar-refractivity contribution in [3.8, 4) is 0 Å². The maximum atomic E-state index is 6.24. The van der Waals surface area contributed by atoms with Crippen LogP contribution in [0.4, 0.5) is 11.5 Å². The number of hydrogen-bond acceptors (Lipinski definition) is 5. The van der Waals surface area contributed by atoms with Crippen molar-refractivity contribution in [2.24, 2.45) is 7.05 Å². The number of halogens is 1. The molecule has 0 aromatic carbocycles. The summed E-state index contributed by atoms with van der Waals surface area (Å²) < 4.78 is 1.83. The van der Waals surface area contributed by atoms with Crippen molar-refractivity contribution in [2.45, 2.75) is 32.7 Å². The van der Waals surface area contributed by atoms with Gasteiger partial charge in [0.25, 0.3) is 0 Å². The molecule has 0 aliphatic carbocycles. The van der Waals surface area contributed by atoms with E-state index in [0.29, 0.717) is 17.0 Å². The molecule has 0 spiro atoms. The van der Waals surface area contributed by atoms with Gasteiger partial charge in [0.15, 0.2) is 0 Å². The highest BCUT2D eigenvalue weighted by Gasteiger charge is 2.24. The van der Waals surface area contributed by atoms with Crippen LogP contribution in [-0.2, 0) is 13.5 Å². The van der Waals surface area contributed by atoms with Gasteiger partial charge in [0, 0.05) is 37.9 Å². The fourth-order valence-corrected chi connectivity index (χ4v) is 3.22. The molecule has 118 valence electrons. The van der Waals surface area contributed by atoms with Gasteiger partial charge in [-0.1, -0.05) is 18.5 Å². The third kappa shape index (κ3) is 3.02. The molecule has 7 heteroatoms.